The lowest BCUT2D eigenvalue weighted by molar-refractivity contribution is -0.128. The van der Waals surface area contributed by atoms with Crippen molar-refractivity contribution >= 4 is 33.2 Å². The Bertz CT molecular complexity index is 1200. The molecule has 172 valence electrons. The first-order valence-electron chi connectivity index (χ1n) is 10.4. The Morgan fingerprint density at radius 2 is 1.73 bits per heavy atom. The third kappa shape index (κ3) is 5.47. The normalized spacial score (nSPS) is 15.4. The SMILES string of the molecule is O=C(NCCOCc1ccccc1)[C@H]1CN(S(=O)(=O)c2ccc(Cl)cc2)c2ccccc2O1. The van der Waals surface area contributed by atoms with Gasteiger partial charge in [-0.1, -0.05) is 54.1 Å². The van der Waals surface area contributed by atoms with E-state index >= 15 is 0 Å². The lowest BCUT2D eigenvalue weighted by Crippen LogP contribution is -2.51. The number of anilines is 1. The number of sulfonamides is 1. The molecular weight excluding hydrogens is 464 g/mol. The molecule has 1 N–H and O–H groups in total. The molecule has 0 bridgehead atoms. The summed E-state index contributed by atoms with van der Waals surface area (Å²) >= 11 is 5.91. The van der Waals surface area contributed by atoms with E-state index in [9.17, 15) is 13.2 Å². The lowest BCUT2D eigenvalue weighted by Gasteiger charge is -2.34. The van der Waals surface area contributed by atoms with Crippen LogP contribution in [0.2, 0.25) is 5.02 Å². The highest BCUT2D eigenvalue weighted by Crippen LogP contribution is 2.36. The maximum absolute atomic E-state index is 13.3. The average Bonchev–Trinajstić information content (AvgIpc) is 2.84. The Labute approximate surface area is 197 Å². The van der Waals surface area contributed by atoms with E-state index in [0.717, 1.165) is 5.56 Å². The van der Waals surface area contributed by atoms with Gasteiger partial charge in [0.25, 0.3) is 15.9 Å². The molecule has 0 fully saturated rings. The van der Waals surface area contributed by atoms with Crippen molar-refractivity contribution in [3.63, 3.8) is 0 Å². The molecule has 0 radical (unpaired) electrons. The Hall–Kier alpha value is -3.07. The number of nitrogens with zero attached hydrogens (tertiary/aromatic N) is 1. The maximum Gasteiger partial charge on any atom is 0.264 e. The van der Waals surface area contributed by atoms with E-state index in [1.165, 1.54) is 28.6 Å². The van der Waals surface area contributed by atoms with E-state index < -0.39 is 22.0 Å². The number of hydrogen-bond acceptors (Lipinski definition) is 5. The molecule has 3 aromatic carbocycles. The van der Waals surface area contributed by atoms with Crippen molar-refractivity contribution in [1.82, 2.24) is 5.32 Å². The van der Waals surface area contributed by atoms with Crippen molar-refractivity contribution in [3.8, 4) is 5.75 Å². The zero-order valence-corrected chi connectivity index (χ0v) is 19.3. The number of halogens is 1. The van der Waals surface area contributed by atoms with Gasteiger partial charge in [0.1, 0.15) is 5.75 Å². The van der Waals surface area contributed by atoms with Gasteiger partial charge in [-0.05, 0) is 42.0 Å². The standard InChI is InChI=1S/C24H23ClN2O5S/c25-19-10-12-20(13-11-19)33(29,30)27-16-23(32-22-9-5-4-8-21(22)27)24(28)26-14-15-31-17-18-6-2-1-3-7-18/h1-13,23H,14-17H2,(H,26,28)/t23-/m1/s1. The van der Waals surface area contributed by atoms with Crippen LogP contribution in [0.4, 0.5) is 5.69 Å². The molecule has 3 aromatic rings. The average molecular weight is 487 g/mol. The topological polar surface area (TPSA) is 84.9 Å². The van der Waals surface area contributed by atoms with Gasteiger partial charge < -0.3 is 14.8 Å². The summed E-state index contributed by atoms with van der Waals surface area (Å²) in [6.45, 7) is 0.879. The Morgan fingerprint density at radius 3 is 2.48 bits per heavy atom. The fraction of sp³-hybridized carbons (Fsp3) is 0.208. The molecule has 0 aliphatic carbocycles. The van der Waals surface area contributed by atoms with Crippen LogP contribution in [0.3, 0.4) is 0 Å². The summed E-state index contributed by atoms with van der Waals surface area (Å²) < 4.78 is 39.3. The lowest BCUT2D eigenvalue weighted by atomic mass is 10.2. The minimum absolute atomic E-state index is 0.0806. The Balaban J connectivity index is 1.42. The van der Waals surface area contributed by atoms with Crippen LogP contribution in [0.1, 0.15) is 5.56 Å². The van der Waals surface area contributed by atoms with Crippen molar-refractivity contribution in [3.05, 3.63) is 89.4 Å². The van der Waals surface area contributed by atoms with Gasteiger partial charge in [-0.3, -0.25) is 9.10 Å². The molecule has 1 aliphatic heterocycles. The molecule has 0 spiro atoms. The highest BCUT2D eigenvalue weighted by atomic mass is 35.5. The third-order valence-electron chi connectivity index (χ3n) is 5.09. The molecule has 4 rings (SSSR count). The fourth-order valence-electron chi connectivity index (χ4n) is 3.42. The van der Waals surface area contributed by atoms with Crippen molar-refractivity contribution in [2.75, 3.05) is 24.0 Å². The van der Waals surface area contributed by atoms with Crippen LogP contribution in [0.15, 0.2) is 83.8 Å². The van der Waals surface area contributed by atoms with E-state index in [0.29, 0.717) is 29.7 Å². The first-order chi connectivity index (χ1) is 15.9. The number of para-hydroxylation sites is 2. The van der Waals surface area contributed by atoms with Crippen LogP contribution in [0.5, 0.6) is 5.75 Å². The molecular formula is C24H23ClN2O5S. The molecule has 1 aliphatic rings. The van der Waals surface area contributed by atoms with Crippen LogP contribution >= 0.6 is 11.6 Å². The summed E-state index contributed by atoms with van der Waals surface area (Å²) in [6, 6.07) is 22.4. The summed E-state index contributed by atoms with van der Waals surface area (Å²) in [5, 5.41) is 3.19. The molecule has 1 amide bonds. The second-order valence-corrected chi connectivity index (χ2v) is 9.69. The zero-order chi connectivity index (χ0) is 23.3. The van der Waals surface area contributed by atoms with Crippen LogP contribution < -0.4 is 14.4 Å². The van der Waals surface area contributed by atoms with Gasteiger partial charge >= 0.3 is 0 Å². The first kappa shape index (κ1) is 23.1. The van der Waals surface area contributed by atoms with Gasteiger partial charge in [0.15, 0.2) is 6.10 Å². The zero-order valence-electron chi connectivity index (χ0n) is 17.7. The predicted molar refractivity (Wildman–Crippen MR) is 126 cm³/mol. The molecule has 0 aromatic heterocycles. The number of nitrogens with one attached hydrogen (secondary N) is 1. The number of benzene rings is 3. The van der Waals surface area contributed by atoms with Crippen LogP contribution in [-0.2, 0) is 26.2 Å². The fourth-order valence-corrected chi connectivity index (χ4v) is 5.03. The predicted octanol–water partition coefficient (Wildman–Crippen LogP) is 3.63. The van der Waals surface area contributed by atoms with Crippen molar-refractivity contribution < 1.29 is 22.7 Å². The summed E-state index contributed by atoms with van der Waals surface area (Å²) in [5.41, 5.74) is 1.42. The van der Waals surface area contributed by atoms with E-state index in [2.05, 4.69) is 5.32 Å². The minimum Gasteiger partial charge on any atom is -0.476 e. The summed E-state index contributed by atoms with van der Waals surface area (Å²) in [5.74, 6) is -0.0918. The molecule has 33 heavy (non-hydrogen) atoms. The molecule has 1 heterocycles. The molecule has 9 heteroatoms. The van der Waals surface area contributed by atoms with E-state index in [1.54, 1.807) is 24.3 Å². The number of hydrogen-bond donors (Lipinski definition) is 1. The number of ether oxygens (including phenoxy) is 2. The van der Waals surface area contributed by atoms with E-state index in [4.69, 9.17) is 21.1 Å². The Kier molecular flexibility index (Phi) is 7.17. The highest BCUT2D eigenvalue weighted by Gasteiger charge is 2.37. The number of carbonyl (C=O) groups is 1. The largest absolute Gasteiger partial charge is 0.476 e. The van der Waals surface area contributed by atoms with Gasteiger partial charge in [-0.15, -0.1) is 0 Å². The van der Waals surface area contributed by atoms with Gasteiger partial charge in [0.05, 0.1) is 30.3 Å². The van der Waals surface area contributed by atoms with E-state index in [-0.39, 0.29) is 18.0 Å². The van der Waals surface area contributed by atoms with Gasteiger partial charge in [-0.2, -0.15) is 0 Å². The van der Waals surface area contributed by atoms with Gasteiger partial charge in [-0.25, -0.2) is 8.42 Å². The maximum atomic E-state index is 13.3. The monoisotopic (exact) mass is 486 g/mol. The second-order valence-electron chi connectivity index (χ2n) is 7.39. The molecule has 1 atom stereocenters. The van der Waals surface area contributed by atoms with Crippen molar-refractivity contribution in [2.24, 2.45) is 0 Å². The third-order valence-corrected chi connectivity index (χ3v) is 7.13. The van der Waals surface area contributed by atoms with E-state index in [1.807, 2.05) is 30.3 Å². The molecule has 0 unspecified atom stereocenters. The van der Waals surface area contributed by atoms with Crippen LogP contribution in [-0.4, -0.2) is 40.1 Å². The smallest absolute Gasteiger partial charge is 0.264 e. The molecule has 0 saturated carbocycles. The number of amides is 1. The van der Waals surface area contributed by atoms with Crippen molar-refractivity contribution in [2.45, 2.75) is 17.6 Å². The molecule has 7 nitrogen and oxygen atoms in total. The van der Waals surface area contributed by atoms with Gasteiger partial charge in [0, 0.05) is 11.6 Å². The van der Waals surface area contributed by atoms with Crippen molar-refractivity contribution in [1.29, 1.82) is 0 Å². The van der Waals surface area contributed by atoms with Crippen LogP contribution in [0.25, 0.3) is 0 Å². The molecule has 0 saturated heterocycles. The number of carbonyl (C=O) groups excluding carboxylic acids is 1. The first-order valence-corrected chi connectivity index (χ1v) is 12.2. The van der Waals surface area contributed by atoms with Gasteiger partial charge in [0.2, 0.25) is 0 Å². The second kappa shape index (κ2) is 10.2. The minimum atomic E-state index is -3.93. The van der Waals surface area contributed by atoms with Crippen LogP contribution in [0, 0.1) is 0 Å². The quantitative estimate of drug-likeness (QED) is 0.491. The number of fused-ring (bicyclic) bond motifs is 1. The number of rotatable bonds is 8. The highest BCUT2D eigenvalue weighted by molar-refractivity contribution is 7.92. The summed E-state index contributed by atoms with van der Waals surface area (Å²) in [7, 11) is -3.93. The summed E-state index contributed by atoms with van der Waals surface area (Å²) in [6.07, 6.45) is -1.00. The Morgan fingerprint density at radius 1 is 1.03 bits per heavy atom. The summed E-state index contributed by atoms with van der Waals surface area (Å²) in [4.78, 5) is 12.8.